The highest BCUT2D eigenvalue weighted by Gasteiger charge is 2.42. The smallest absolute Gasteiger partial charge is 0.0624 e. The quantitative estimate of drug-likeness (QED) is 0.865. The Labute approximate surface area is 123 Å². The first-order valence-corrected chi connectivity index (χ1v) is 8.48. The van der Waals surface area contributed by atoms with E-state index in [4.69, 9.17) is 5.10 Å². The van der Waals surface area contributed by atoms with Gasteiger partial charge in [0, 0.05) is 24.7 Å². The van der Waals surface area contributed by atoms with E-state index in [0.29, 0.717) is 6.04 Å². The van der Waals surface area contributed by atoms with Crippen LogP contribution in [0.25, 0.3) is 0 Å². The lowest BCUT2D eigenvalue weighted by atomic mass is 9.81. The topological polar surface area (TPSA) is 29.9 Å². The number of nitrogens with one attached hydrogen (secondary N) is 1. The molecule has 2 saturated carbocycles. The predicted octanol–water partition coefficient (Wildman–Crippen LogP) is 3.03. The summed E-state index contributed by atoms with van der Waals surface area (Å²) < 4.78 is 2.20. The highest BCUT2D eigenvalue weighted by Crippen LogP contribution is 2.49. The average molecular weight is 275 g/mol. The lowest BCUT2D eigenvalue weighted by molar-refractivity contribution is 0.253. The van der Waals surface area contributed by atoms with Gasteiger partial charge in [-0.25, -0.2) is 0 Å². The van der Waals surface area contributed by atoms with Crippen LogP contribution in [0.3, 0.4) is 0 Å². The molecule has 0 aromatic carbocycles. The van der Waals surface area contributed by atoms with E-state index in [1.807, 2.05) is 0 Å². The van der Waals surface area contributed by atoms with E-state index >= 15 is 0 Å². The van der Waals surface area contributed by atoms with Crippen LogP contribution >= 0.6 is 0 Å². The third-order valence-electron chi connectivity index (χ3n) is 5.69. The van der Waals surface area contributed by atoms with E-state index in [0.717, 1.165) is 37.1 Å². The molecule has 1 N–H and O–H groups in total. The third kappa shape index (κ3) is 2.52. The first-order valence-electron chi connectivity index (χ1n) is 8.48. The first-order chi connectivity index (χ1) is 9.75. The Balaban J connectivity index is 1.73. The summed E-state index contributed by atoms with van der Waals surface area (Å²) in [6.45, 7) is 5.38. The number of hydrogen-bond donors (Lipinski definition) is 1. The molecule has 20 heavy (non-hydrogen) atoms. The van der Waals surface area contributed by atoms with Crippen LogP contribution in [0.1, 0.15) is 50.9 Å². The van der Waals surface area contributed by atoms with E-state index < -0.39 is 0 Å². The molecule has 2 bridgehead atoms. The van der Waals surface area contributed by atoms with Crippen LogP contribution in [-0.4, -0.2) is 22.9 Å². The summed E-state index contributed by atoms with van der Waals surface area (Å²) in [4.78, 5) is 0. The van der Waals surface area contributed by atoms with Crippen molar-refractivity contribution in [2.75, 3.05) is 7.05 Å². The molecule has 2 aliphatic carbocycles. The zero-order valence-electron chi connectivity index (χ0n) is 13.2. The van der Waals surface area contributed by atoms with Gasteiger partial charge in [-0.1, -0.05) is 13.3 Å². The zero-order valence-corrected chi connectivity index (χ0v) is 13.2. The van der Waals surface area contributed by atoms with Crippen molar-refractivity contribution in [2.45, 2.75) is 65.0 Å². The van der Waals surface area contributed by atoms with Crippen LogP contribution in [0, 0.1) is 17.8 Å². The number of aromatic nitrogens is 2. The third-order valence-corrected chi connectivity index (χ3v) is 5.69. The molecule has 4 unspecified atom stereocenters. The molecule has 0 spiro atoms. The van der Waals surface area contributed by atoms with Gasteiger partial charge in [-0.3, -0.25) is 4.68 Å². The van der Waals surface area contributed by atoms with Crippen molar-refractivity contribution in [3.63, 3.8) is 0 Å². The van der Waals surface area contributed by atoms with E-state index in [1.165, 1.54) is 37.1 Å². The summed E-state index contributed by atoms with van der Waals surface area (Å²) in [5.74, 6) is 2.91. The SMILES string of the molecule is CCc1cc(CC(NC)C2CC3CCC2C3)n(CC)n1. The summed E-state index contributed by atoms with van der Waals surface area (Å²) in [5, 5.41) is 8.31. The highest BCUT2D eigenvalue weighted by atomic mass is 15.3. The molecule has 1 aromatic rings. The van der Waals surface area contributed by atoms with Gasteiger partial charge >= 0.3 is 0 Å². The fourth-order valence-corrected chi connectivity index (χ4v) is 4.61. The summed E-state index contributed by atoms with van der Waals surface area (Å²) in [7, 11) is 2.14. The minimum absolute atomic E-state index is 0.636. The van der Waals surface area contributed by atoms with E-state index in [-0.39, 0.29) is 0 Å². The Morgan fingerprint density at radius 2 is 2.20 bits per heavy atom. The van der Waals surface area contributed by atoms with Gasteiger partial charge in [0.15, 0.2) is 0 Å². The molecular formula is C17H29N3. The summed E-state index contributed by atoms with van der Waals surface area (Å²) >= 11 is 0. The Kier molecular flexibility index (Phi) is 4.16. The molecule has 112 valence electrons. The number of fused-ring (bicyclic) bond motifs is 2. The first kappa shape index (κ1) is 14.1. The van der Waals surface area contributed by atoms with Crippen LogP contribution < -0.4 is 5.32 Å². The van der Waals surface area contributed by atoms with Gasteiger partial charge in [-0.2, -0.15) is 5.10 Å². The fourth-order valence-electron chi connectivity index (χ4n) is 4.61. The predicted molar refractivity (Wildman–Crippen MR) is 82.8 cm³/mol. The Bertz CT molecular complexity index is 451. The van der Waals surface area contributed by atoms with Crippen molar-refractivity contribution in [1.82, 2.24) is 15.1 Å². The number of aryl methyl sites for hydroxylation is 2. The van der Waals surface area contributed by atoms with E-state index in [9.17, 15) is 0 Å². The second kappa shape index (κ2) is 5.88. The van der Waals surface area contributed by atoms with E-state index in [2.05, 4.69) is 37.0 Å². The molecule has 3 nitrogen and oxygen atoms in total. The molecule has 0 saturated heterocycles. The molecule has 2 aliphatic rings. The standard InChI is InChI=1S/C17H29N3/c1-4-14-10-15(20(5-2)19-14)11-17(18-3)16-9-12-6-7-13(16)8-12/h10,12-13,16-18H,4-9,11H2,1-3H3. The second-order valence-electron chi connectivity index (χ2n) is 6.73. The molecule has 0 radical (unpaired) electrons. The fraction of sp³-hybridized carbons (Fsp3) is 0.824. The maximum absolute atomic E-state index is 4.70. The number of rotatable bonds is 6. The molecule has 1 heterocycles. The van der Waals surface area contributed by atoms with Crippen molar-refractivity contribution in [1.29, 1.82) is 0 Å². The van der Waals surface area contributed by atoms with Gasteiger partial charge in [0.05, 0.1) is 5.69 Å². The number of likely N-dealkylation sites (N-methyl/N-ethyl adjacent to an activating group) is 1. The van der Waals surface area contributed by atoms with Gasteiger partial charge < -0.3 is 5.32 Å². The molecule has 3 rings (SSSR count). The largest absolute Gasteiger partial charge is 0.316 e. The molecular weight excluding hydrogens is 246 g/mol. The van der Waals surface area contributed by atoms with Crippen LogP contribution in [0.4, 0.5) is 0 Å². The summed E-state index contributed by atoms with van der Waals surface area (Å²) in [6.07, 6.45) is 8.10. The highest BCUT2D eigenvalue weighted by molar-refractivity contribution is 5.13. The maximum atomic E-state index is 4.70. The van der Waals surface area contributed by atoms with Crippen molar-refractivity contribution in [2.24, 2.45) is 17.8 Å². The molecule has 3 heteroatoms. The Morgan fingerprint density at radius 1 is 1.35 bits per heavy atom. The maximum Gasteiger partial charge on any atom is 0.0624 e. The van der Waals surface area contributed by atoms with Gasteiger partial charge in [-0.15, -0.1) is 0 Å². The Morgan fingerprint density at radius 3 is 2.75 bits per heavy atom. The number of nitrogens with zero attached hydrogens (tertiary/aromatic N) is 2. The summed E-state index contributed by atoms with van der Waals surface area (Å²) in [5.41, 5.74) is 2.66. The van der Waals surface area contributed by atoms with Crippen molar-refractivity contribution in [3.8, 4) is 0 Å². The van der Waals surface area contributed by atoms with Crippen molar-refractivity contribution >= 4 is 0 Å². The second-order valence-corrected chi connectivity index (χ2v) is 6.73. The minimum atomic E-state index is 0.636. The van der Waals surface area contributed by atoms with Crippen LogP contribution in [0.2, 0.25) is 0 Å². The monoisotopic (exact) mass is 275 g/mol. The lowest BCUT2D eigenvalue weighted by Gasteiger charge is -2.30. The van der Waals surface area contributed by atoms with Gasteiger partial charge in [0.25, 0.3) is 0 Å². The average Bonchev–Trinajstić information content (AvgIpc) is 3.18. The molecule has 0 aliphatic heterocycles. The minimum Gasteiger partial charge on any atom is -0.316 e. The summed E-state index contributed by atoms with van der Waals surface area (Å²) in [6, 6.07) is 2.96. The molecule has 0 amide bonds. The van der Waals surface area contributed by atoms with Gasteiger partial charge in [0.2, 0.25) is 0 Å². The normalized spacial score (nSPS) is 30.1. The number of hydrogen-bond acceptors (Lipinski definition) is 2. The van der Waals surface area contributed by atoms with Crippen LogP contribution in [0.5, 0.6) is 0 Å². The Hall–Kier alpha value is -0.830. The van der Waals surface area contributed by atoms with E-state index in [1.54, 1.807) is 0 Å². The van der Waals surface area contributed by atoms with Gasteiger partial charge in [0.1, 0.15) is 0 Å². The van der Waals surface area contributed by atoms with Crippen molar-refractivity contribution in [3.05, 3.63) is 17.5 Å². The molecule has 2 fully saturated rings. The molecule has 4 atom stereocenters. The van der Waals surface area contributed by atoms with Crippen LogP contribution in [0.15, 0.2) is 6.07 Å². The van der Waals surface area contributed by atoms with Gasteiger partial charge in [-0.05, 0) is 63.5 Å². The zero-order chi connectivity index (χ0) is 14.1. The van der Waals surface area contributed by atoms with Crippen molar-refractivity contribution < 1.29 is 0 Å². The van der Waals surface area contributed by atoms with Crippen LogP contribution in [-0.2, 0) is 19.4 Å². The lowest BCUT2D eigenvalue weighted by Crippen LogP contribution is -2.38. The molecule has 1 aromatic heterocycles.